The molecule has 1 aliphatic carbocycles. The molecular weight excluding hydrogens is 595 g/mol. The van der Waals surface area contributed by atoms with Crippen molar-refractivity contribution in [1.29, 1.82) is 0 Å². The molecule has 1 aliphatic rings. The first-order valence-corrected chi connectivity index (χ1v) is 17.4. The molecule has 0 aromatic heterocycles. The summed E-state index contributed by atoms with van der Waals surface area (Å²) in [6.07, 6.45) is 4.23. The minimum Gasteiger partial charge on any atom is -0.352 e. The number of rotatable bonds is 12. The van der Waals surface area contributed by atoms with Gasteiger partial charge in [-0.25, -0.2) is 8.42 Å². The van der Waals surface area contributed by atoms with Crippen LogP contribution in [0.25, 0.3) is 0 Å². The Morgan fingerprint density at radius 3 is 2.07 bits per heavy atom. The SMILES string of the molecule is Cc1ccc(CN(C(=O)CN(c2cccc(C)c2C)S(=O)(=O)c2ccccc2)[C@@H](Cc2ccccc2)C(=O)NC2CCCC2)cc1. The summed E-state index contributed by atoms with van der Waals surface area (Å²) in [6.45, 7) is 5.47. The van der Waals surface area contributed by atoms with E-state index in [0.717, 1.165) is 53.5 Å². The molecule has 8 heteroatoms. The third-order valence-corrected chi connectivity index (χ3v) is 10.7. The van der Waals surface area contributed by atoms with E-state index in [1.165, 1.54) is 16.4 Å². The zero-order valence-electron chi connectivity index (χ0n) is 26.9. The van der Waals surface area contributed by atoms with E-state index < -0.39 is 28.5 Å². The molecule has 0 heterocycles. The predicted molar refractivity (Wildman–Crippen MR) is 183 cm³/mol. The van der Waals surface area contributed by atoms with Crippen molar-refractivity contribution in [1.82, 2.24) is 10.2 Å². The number of sulfonamides is 1. The van der Waals surface area contributed by atoms with E-state index in [-0.39, 0.29) is 23.4 Å². The Balaban J connectivity index is 1.58. The number of hydrogen-bond acceptors (Lipinski definition) is 4. The molecule has 1 N–H and O–H groups in total. The number of hydrogen-bond donors (Lipinski definition) is 1. The summed E-state index contributed by atoms with van der Waals surface area (Å²) < 4.78 is 29.7. The van der Waals surface area contributed by atoms with Gasteiger partial charge in [0.15, 0.2) is 0 Å². The van der Waals surface area contributed by atoms with Crippen molar-refractivity contribution < 1.29 is 18.0 Å². The highest BCUT2D eigenvalue weighted by Gasteiger charge is 2.36. The molecule has 46 heavy (non-hydrogen) atoms. The van der Waals surface area contributed by atoms with Gasteiger partial charge in [0.05, 0.1) is 10.6 Å². The molecule has 4 aromatic carbocycles. The van der Waals surface area contributed by atoms with Crippen LogP contribution in [0, 0.1) is 20.8 Å². The zero-order valence-corrected chi connectivity index (χ0v) is 27.7. The highest BCUT2D eigenvalue weighted by molar-refractivity contribution is 7.92. The molecule has 1 saturated carbocycles. The summed E-state index contributed by atoms with van der Waals surface area (Å²) in [5.74, 6) is -0.677. The second-order valence-electron chi connectivity index (χ2n) is 12.2. The summed E-state index contributed by atoms with van der Waals surface area (Å²) in [4.78, 5) is 30.5. The standard InChI is InChI=1S/C38H43N3O4S/c1-28-21-23-32(24-22-28)26-40(36(25-31-14-6-4-7-15-31)38(43)39-33-16-10-11-17-33)37(42)27-41(35-20-12-13-29(2)30(35)3)46(44,45)34-18-8-5-9-19-34/h4-9,12-15,18-24,33,36H,10-11,16-17,25-27H2,1-3H3,(H,39,43)/t36-/m0/s1. The van der Waals surface area contributed by atoms with Crippen LogP contribution >= 0.6 is 0 Å². The van der Waals surface area contributed by atoms with Crippen molar-refractivity contribution in [2.75, 3.05) is 10.8 Å². The minimum absolute atomic E-state index is 0.0620. The van der Waals surface area contributed by atoms with Gasteiger partial charge in [-0.3, -0.25) is 13.9 Å². The summed E-state index contributed by atoms with van der Waals surface area (Å²) in [7, 11) is -4.14. The fourth-order valence-electron chi connectivity index (χ4n) is 6.05. The van der Waals surface area contributed by atoms with E-state index in [2.05, 4.69) is 5.32 Å². The van der Waals surface area contributed by atoms with Crippen molar-refractivity contribution >= 4 is 27.5 Å². The lowest BCUT2D eigenvalue weighted by atomic mass is 10.0. The summed E-state index contributed by atoms with van der Waals surface area (Å²) in [6, 6.07) is 30.3. The average molecular weight is 638 g/mol. The Morgan fingerprint density at radius 2 is 1.41 bits per heavy atom. The first-order valence-electron chi connectivity index (χ1n) is 16.0. The number of benzene rings is 4. The smallest absolute Gasteiger partial charge is 0.264 e. The quantitative estimate of drug-likeness (QED) is 0.192. The molecule has 2 amide bonds. The minimum atomic E-state index is -4.14. The van der Waals surface area contributed by atoms with E-state index in [1.54, 1.807) is 35.2 Å². The van der Waals surface area contributed by atoms with Gasteiger partial charge in [-0.15, -0.1) is 0 Å². The molecule has 1 atom stereocenters. The van der Waals surface area contributed by atoms with Gasteiger partial charge in [-0.1, -0.05) is 103 Å². The van der Waals surface area contributed by atoms with Crippen molar-refractivity contribution in [2.24, 2.45) is 0 Å². The Morgan fingerprint density at radius 1 is 0.783 bits per heavy atom. The maximum Gasteiger partial charge on any atom is 0.264 e. The van der Waals surface area contributed by atoms with Crippen LogP contribution in [0.5, 0.6) is 0 Å². The Bertz CT molecular complexity index is 1740. The number of anilines is 1. The Kier molecular flexibility index (Phi) is 10.6. The molecule has 0 unspecified atom stereocenters. The molecule has 0 saturated heterocycles. The molecule has 240 valence electrons. The number of amides is 2. The van der Waals surface area contributed by atoms with Crippen LogP contribution in [-0.2, 0) is 32.6 Å². The Labute approximate surface area is 273 Å². The second kappa shape index (κ2) is 14.8. The van der Waals surface area contributed by atoms with Crippen LogP contribution < -0.4 is 9.62 Å². The first-order chi connectivity index (χ1) is 22.1. The summed E-state index contributed by atoms with van der Waals surface area (Å²) in [5.41, 5.74) is 4.96. The zero-order chi connectivity index (χ0) is 32.7. The lowest BCUT2D eigenvalue weighted by Gasteiger charge is -2.34. The summed E-state index contributed by atoms with van der Waals surface area (Å²) >= 11 is 0. The lowest BCUT2D eigenvalue weighted by molar-refractivity contribution is -0.140. The monoisotopic (exact) mass is 637 g/mol. The molecular formula is C38H43N3O4S. The maximum atomic E-state index is 14.7. The van der Waals surface area contributed by atoms with E-state index in [4.69, 9.17) is 0 Å². The lowest BCUT2D eigenvalue weighted by Crippen LogP contribution is -2.54. The number of nitrogens with one attached hydrogen (secondary N) is 1. The maximum absolute atomic E-state index is 14.7. The molecule has 0 spiro atoms. The van der Waals surface area contributed by atoms with Gasteiger partial charge in [0, 0.05) is 19.0 Å². The molecule has 5 rings (SSSR count). The molecule has 0 aliphatic heterocycles. The van der Waals surface area contributed by atoms with Crippen LogP contribution in [0.4, 0.5) is 5.69 Å². The van der Waals surface area contributed by atoms with Gasteiger partial charge in [0.2, 0.25) is 11.8 Å². The largest absolute Gasteiger partial charge is 0.352 e. The van der Waals surface area contributed by atoms with E-state index in [0.29, 0.717) is 12.1 Å². The molecule has 7 nitrogen and oxygen atoms in total. The van der Waals surface area contributed by atoms with E-state index in [1.807, 2.05) is 81.4 Å². The van der Waals surface area contributed by atoms with Gasteiger partial charge in [-0.2, -0.15) is 0 Å². The third kappa shape index (κ3) is 7.85. The topological polar surface area (TPSA) is 86.8 Å². The fourth-order valence-corrected chi connectivity index (χ4v) is 7.54. The van der Waals surface area contributed by atoms with Gasteiger partial charge < -0.3 is 10.2 Å². The van der Waals surface area contributed by atoms with Crippen LogP contribution in [0.15, 0.2) is 108 Å². The fraction of sp³-hybridized carbons (Fsp3) is 0.316. The first kappa shape index (κ1) is 32.9. The van der Waals surface area contributed by atoms with Gasteiger partial charge in [-0.05, 0) is 74.1 Å². The number of nitrogens with zero attached hydrogens (tertiary/aromatic N) is 2. The molecule has 1 fully saturated rings. The average Bonchev–Trinajstić information content (AvgIpc) is 3.57. The summed E-state index contributed by atoms with van der Waals surface area (Å²) in [5, 5.41) is 3.22. The molecule has 4 aromatic rings. The molecule has 0 bridgehead atoms. The van der Waals surface area contributed by atoms with Crippen LogP contribution in [0.2, 0.25) is 0 Å². The highest BCUT2D eigenvalue weighted by Crippen LogP contribution is 2.29. The van der Waals surface area contributed by atoms with Crippen molar-refractivity contribution in [2.45, 2.75) is 76.4 Å². The van der Waals surface area contributed by atoms with Crippen molar-refractivity contribution in [3.8, 4) is 0 Å². The highest BCUT2D eigenvalue weighted by atomic mass is 32.2. The molecule has 0 radical (unpaired) electrons. The van der Waals surface area contributed by atoms with Crippen LogP contribution in [0.3, 0.4) is 0 Å². The van der Waals surface area contributed by atoms with E-state index >= 15 is 0 Å². The van der Waals surface area contributed by atoms with Gasteiger partial charge >= 0.3 is 0 Å². The van der Waals surface area contributed by atoms with Gasteiger partial charge in [0.1, 0.15) is 12.6 Å². The predicted octanol–water partition coefficient (Wildman–Crippen LogP) is 6.51. The number of carbonyl (C=O) groups excluding carboxylic acids is 2. The number of carbonyl (C=O) groups is 2. The third-order valence-electron chi connectivity index (χ3n) is 8.90. The van der Waals surface area contributed by atoms with E-state index in [9.17, 15) is 18.0 Å². The Hall–Kier alpha value is -4.43. The van der Waals surface area contributed by atoms with Crippen LogP contribution in [0.1, 0.15) is 53.5 Å². The van der Waals surface area contributed by atoms with Crippen molar-refractivity contribution in [3.63, 3.8) is 0 Å². The number of aryl methyl sites for hydroxylation is 2. The normalized spacial score (nSPS) is 14.1. The second-order valence-corrected chi connectivity index (χ2v) is 14.1. The van der Waals surface area contributed by atoms with Crippen LogP contribution in [-0.4, -0.2) is 43.8 Å². The van der Waals surface area contributed by atoms with Crippen molar-refractivity contribution in [3.05, 3.63) is 131 Å². The van der Waals surface area contributed by atoms with Gasteiger partial charge in [0.25, 0.3) is 10.0 Å².